The van der Waals surface area contributed by atoms with Gasteiger partial charge in [-0.25, -0.2) is 0 Å². The summed E-state index contributed by atoms with van der Waals surface area (Å²) in [5.74, 6) is -1.08. The van der Waals surface area contributed by atoms with Gasteiger partial charge in [0.2, 0.25) is 0 Å². The van der Waals surface area contributed by atoms with Crippen molar-refractivity contribution in [2.24, 2.45) is 0 Å². The molecule has 0 aromatic heterocycles. The predicted octanol–water partition coefficient (Wildman–Crippen LogP) is 20.0. The summed E-state index contributed by atoms with van der Waals surface area (Å²) in [7, 11) is 0. The summed E-state index contributed by atoms with van der Waals surface area (Å²) in [6.45, 7) is 6.39. The van der Waals surface area contributed by atoms with Crippen molar-refractivity contribution in [1.29, 1.82) is 0 Å². The molecule has 0 rings (SSSR count). The summed E-state index contributed by atoms with van der Waals surface area (Å²) in [5, 5.41) is 0. The topological polar surface area (TPSA) is 78.9 Å². The van der Waals surface area contributed by atoms with Crippen LogP contribution in [-0.2, 0) is 28.6 Å². The molecule has 0 aliphatic heterocycles. The lowest BCUT2D eigenvalue weighted by Gasteiger charge is -2.18. The van der Waals surface area contributed by atoms with Gasteiger partial charge in [0.05, 0.1) is 6.42 Å². The first-order valence-corrected chi connectivity index (χ1v) is 29.5. The fraction of sp³-hybridized carbons (Fsp3) is 0.652. The number of carbonyl (C=O) groups is 3. The van der Waals surface area contributed by atoms with Crippen molar-refractivity contribution in [2.75, 3.05) is 13.2 Å². The molecule has 0 fully saturated rings. The summed E-state index contributed by atoms with van der Waals surface area (Å²) in [4.78, 5) is 38.1. The minimum absolute atomic E-state index is 0.118. The first-order chi connectivity index (χ1) is 35.5. The normalized spacial score (nSPS) is 13.0. The van der Waals surface area contributed by atoms with Crippen LogP contribution < -0.4 is 0 Å². The lowest BCUT2D eigenvalue weighted by atomic mass is 10.1. The number of hydrogen-bond donors (Lipinski definition) is 0. The largest absolute Gasteiger partial charge is 0.462 e. The molecule has 6 heteroatoms. The van der Waals surface area contributed by atoms with E-state index in [1.807, 2.05) is 6.08 Å². The smallest absolute Gasteiger partial charge is 0.309 e. The third kappa shape index (κ3) is 56.7. The number of rotatable bonds is 52. The van der Waals surface area contributed by atoms with Crippen molar-refractivity contribution in [3.8, 4) is 0 Å². The van der Waals surface area contributed by atoms with Gasteiger partial charge in [0.1, 0.15) is 13.2 Å². The van der Waals surface area contributed by atoms with Crippen molar-refractivity contribution >= 4 is 17.9 Å². The van der Waals surface area contributed by atoms with Crippen molar-refractivity contribution in [3.63, 3.8) is 0 Å². The molecule has 0 N–H and O–H groups in total. The van der Waals surface area contributed by atoms with Crippen LogP contribution in [0.15, 0.2) is 122 Å². The molecule has 0 aliphatic carbocycles. The SMILES string of the molecule is CC/C=C\C/C=C\C/C=C\C/C=C\C/C=C\CC(=O)OCC(COC(=O)CCCCCCCCCC/C=C\C/C=C\C/C=C\CCCCCCC)OC(=O)CCCCCCC/C=C\C/C=C\CCCCCC. The zero-order chi connectivity index (χ0) is 52.2. The van der Waals surface area contributed by atoms with Gasteiger partial charge in [-0.05, 0) is 116 Å². The molecule has 6 nitrogen and oxygen atoms in total. The standard InChI is InChI=1S/C66H108O6/c1-4-7-10-13-16-19-22-25-28-30-31-32-33-34-35-36-39-41-44-47-50-53-56-59-65(68)71-62-63(61-70-64(67)58-55-52-49-46-43-40-37-27-24-21-18-15-12-9-6-3)72-66(69)60-57-54-51-48-45-42-38-29-26-23-20-17-14-11-8-5-2/h9,12,18,20-23,25,27,29-31,33-34,37-38,43,46,52,55,63H,4-8,10-11,13-17,19,24,26,28,32,35-36,39-42,44-45,47-51,53-54,56-62H2,1-3H3/b12-9-,21-18-,23-20-,25-22-,31-30-,34-33-,37-27-,38-29-,46-43-,55-52-. The molecule has 0 saturated heterocycles. The predicted molar refractivity (Wildman–Crippen MR) is 311 cm³/mol. The number of allylic oxidation sites excluding steroid dienone is 19. The van der Waals surface area contributed by atoms with Crippen LogP contribution >= 0.6 is 0 Å². The lowest BCUT2D eigenvalue weighted by Crippen LogP contribution is -2.30. The van der Waals surface area contributed by atoms with Crippen LogP contribution in [-0.4, -0.2) is 37.2 Å². The second kappa shape index (κ2) is 59.4. The minimum Gasteiger partial charge on any atom is -0.462 e. The van der Waals surface area contributed by atoms with E-state index in [2.05, 4.69) is 130 Å². The number of ether oxygens (including phenoxy) is 3. The Bertz CT molecular complexity index is 1520. The summed E-state index contributed by atoms with van der Waals surface area (Å²) in [5.41, 5.74) is 0. The maximum absolute atomic E-state index is 12.9. The van der Waals surface area contributed by atoms with Gasteiger partial charge < -0.3 is 14.2 Å². The van der Waals surface area contributed by atoms with Crippen LogP contribution in [0.2, 0.25) is 0 Å². The Balaban J connectivity index is 4.49. The maximum atomic E-state index is 12.9. The highest BCUT2D eigenvalue weighted by atomic mass is 16.6. The quantitative estimate of drug-likeness (QED) is 0.0261. The van der Waals surface area contributed by atoms with Gasteiger partial charge in [0.25, 0.3) is 0 Å². The molecule has 1 unspecified atom stereocenters. The zero-order valence-corrected chi connectivity index (χ0v) is 46.7. The van der Waals surface area contributed by atoms with E-state index in [1.54, 1.807) is 6.08 Å². The number of carbonyl (C=O) groups excluding carboxylic acids is 3. The van der Waals surface area contributed by atoms with Crippen molar-refractivity contribution in [3.05, 3.63) is 122 Å². The Labute approximate surface area is 443 Å². The molecule has 0 aromatic carbocycles. The van der Waals surface area contributed by atoms with Crippen molar-refractivity contribution in [2.45, 2.75) is 264 Å². The van der Waals surface area contributed by atoms with Crippen molar-refractivity contribution in [1.82, 2.24) is 0 Å². The van der Waals surface area contributed by atoms with E-state index in [0.29, 0.717) is 6.42 Å². The zero-order valence-electron chi connectivity index (χ0n) is 46.7. The van der Waals surface area contributed by atoms with Crippen LogP contribution in [0.1, 0.15) is 258 Å². The highest BCUT2D eigenvalue weighted by Gasteiger charge is 2.19. The summed E-state index contributed by atoms with van der Waals surface area (Å²) in [6.07, 6.45) is 82.1. The number of unbranched alkanes of at least 4 members (excludes halogenated alkanes) is 22. The molecule has 0 bridgehead atoms. The number of esters is 3. The molecule has 0 spiro atoms. The maximum Gasteiger partial charge on any atom is 0.309 e. The Morgan fingerprint density at radius 2 is 0.597 bits per heavy atom. The van der Waals surface area contributed by atoms with Crippen LogP contribution in [0.3, 0.4) is 0 Å². The molecule has 408 valence electrons. The molecule has 0 saturated carbocycles. The molecule has 0 amide bonds. The van der Waals surface area contributed by atoms with E-state index in [-0.39, 0.29) is 38.0 Å². The van der Waals surface area contributed by atoms with E-state index >= 15 is 0 Å². The highest BCUT2D eigenvalue weighted by molar-refractivity contribution is 5.72. The fourth-order valence-corrected chi connectivity index (χ4v) is 7.79. The van der Waals surface area contributed by atoms with Crippen LogP contribution in [0.25, 0.3) is 0 Å². The summed E-state index contributed by atoms with van der Waals surface area (Å²) in [6, 6.07) is 0. The molecule has 72 heavy (non-hydrogen) atoms. The average Bonchev–Trinajstić information content (AvgIpc) is 3.38. The first kappa shape index (κ1) is 67.8. The Kier molecular flexibility index (Phi) is 55.9. The molecule has 0 aliphatic rings. The van der Waals surface area contributed by atoms with Gasteiger partial charge in [0, 0.05) is 12.8 Å². The second-order valence-electron chi connectivity index (χ2n) is 19.2. The third-order valence-electron chi connectivity index (χ3n) is 12.2. The van der Waals surface area contributed by atoms with E-state index in [9.17, 15) is 14.4 Å². The summed E-state index contributed by atoms with van der Waals surface area (Å²) < 4.78 is 16.8. The van der Waals surface area contributed by atoms with E-state index in [1.165, 1.54) is 103 Å². The van der Waals surface area contributed by atoms with Crippen LogP contribution in [0, 0.1) is 0 Å². The molecular formula is C66H108O6. The molecule has 0 radical (unpaired) electrons. The monoisotopic (exact) mass is 997 g/mol. The third-order valence-corrected chi connectivity index (χ3v) is 12.2. The Morgan fingerprint density at radius 3 is 0.986 bits per heavy atom. The second-order valence-corrected chi connectivity index (χ2v) is 19.2. The van der Waals surface area contributed by atoms with Crippen LogP contribution in [0.5, 0.6) is 0 Å². The lowest BCUT2D eigenvalue weighted by molar-refractivity contribution is -0.166. The molecule has 0 heterocycles. The van der Waals surface area contributed by atoms with Gasteiger partial charge in [-0.3, -0.25) is 14.4 Å². The molecule has 1 atom stereocenters. The first-order valence-electron chi connectivity index (χ1n) is 29.5. The minimum atomic E-state index is -0.833. The highest BCUT2D eigenvalue weighted by Crippen LogP contribution is 2.14. The van der Waals surface area contributed by atoms with Crippen molar-refractivity contribution < 1.29 is 28.6 Å². The van der Waals surface area contributed by atoms with Gasteiger partial charge in [-0.15, -0.1) is 0 Å². The average molecular weight is 998 g/mol. The van der Waals surface area contributed by atoms with Gasteiger partial charge >= 0.3 is 17.9 Å². The van der Waals surface area contributed by atoms with Gasteiger partial charge in [0.15, 0.2) is 6.10 Å². The van der Waals surface area contributed by atoms with Crippen LogP contribution in [0.4, 0.5) is 0 Å². The van der Waals surface area contributed by atoms with E-state index in [4.69, 9.17) is 14.2 Å². The molecule has 0 aromatic rings. The van der Waals surface area contributed by atoms with E-state index < -0.39 is 12.1 Å². The Hall–Kier alpha value is -4.19. The molecular weight excluding hydrogens is 889 g/mol. The fourth-order valence-electron chi connectivity index (χ4n) is 7.79. The number of hydrogen-bond acceptors (Lipinski definition) is 6. The Morgan fingerprint density at radius 1 is 0.306 bits per heavy atom. The summed E-state index contributed by atoms with van der Waals surface area (Å²) >= 11 is 0. The van der Waals surface area contributed by atoms with Gasteiger partial charge in [-0.2, -0.15) is 0 Å². The van der Waals surface area contributed by atoms with Gasteiger partial charge in [-0.1, -0.05) is 245 Å². The van der Waals surface area contributed by atoms with E-state index in [0.717, 1.165) is 116 Å².